The fraction of sp³-hybridized carbons (Fsp3) is 0.500. The summed E-state index contributed by atoms with van der Waals surface area (Å²) in [5.74, 6) is -0.891. The lowest BCUT2D eigenvalue weighted by Gasteiger charge is -1.81. The lowest BCUT2D eigenvalue weighted by Crippen LogP contribution is -1.89. The van der Waals surface area contributed by atoms with Gasteiger partial charge in [0.25, 0.3) is 0 Å². The molecule has 0 saturated heterocycles. The molecule has 0 aliphatic carbocycles. The summed E-state index contributed by atoms with van der Waals surface area (Å²) in [6.07, 6.45) is 2.20. The smallest absolute Gasteiger partial charge is 0.347 e. The number of carboxylic acid groups (broad SMARTS) is 1. The highest BCUT2D eigenvalue weighted by molar-refractivity contribution is 7.13. The van der Waals surface area contributed by atoms with Crippen LogP contribution in [0.3, 0.4) is 0 Å². The molecule has 0 saturated carbocycles. The third-order valence-corrected chi connectivity index (χ3v) is 2.20. The highest BCUT2D eigenvalue weighted by Crippen LogP contribution is 2.12. The Morgan fingerprint density at radius 1 is 1.67 bits per heavy atom. The van der Waals surface area contributed by atoms with Crippen LogP contribution in [0.1, 0.15) is 35.5 Å². The fourth-order valence-corrected chi connectivity index (χ4v) is 1.27. The number of hydrogen-bond acceptors (Lipinski definition) is 3. The molecule has 12 heavy (non-hydrogen) atoms. The molecule has 0 aliphatic rings. The number of carbonyl (C=O) groups is 1. The van der Waals surface area contributed by atoms with Gasteiger partial charge in [-0.05, 0) is 6.42 Å². The molecule has 0 radical (unpaired) electrons. The quantitative estimate of drug-likeness (QED) is 0.773. The molecule has 0 amide bonds. The van der Waals surface area contributed by atoms with Crippen LogP contribution < -0.4 is 0 Å². The van der Waals surface area contributed by atoms with E-state index in [4.69, 9.17) is 5.11 Å². The minimum absolute atomic E-state index is 0.317. The molecule has 0 aromatic carbocycles. The normalized spacial score (nSPS) is 8.58. The third kappa shape index (κ3) is 3.00. The van der Waals surface area contributed by atoms with E-state index < -0.39 is 5.97 Å². The van der Waals surface area contributed by atoms with Crippen LogP contribution >= 0.6 is 11.3 Å². The molecular weight excluding hydrogens is 174 g/mol. The summed E-state index contributed by atoms with van der Waals surface area (Å²) in [5, 5.41) is 9.34. The fourth-order valence-electron chi connectivity index (χ4n) is 0.573. The van der Waals surface area contributed by atoms with Crippen LogP contribution in [0.5, 0.6) is 0 Å². The molecule has 0 atom stereocenters. The van der Waals surface area contributed by atoms with E-state index in [2.05, 4.69) is 4.98 Å². The highest BCUT2D eigenvalue weighted by Gasteiger charge is 2.05. The van der Waals surface area contributed by atoms with Gasteiger partial charge in [-0.25, -0.2) is 9.78 Å². The number of hydrogen-bond donors (Lipinski definition) is 1. The lowest BCUT2D eigenvalue weighted by atomic mass is 10.5. The first-order chi connectivity index (χ1) is 5.74. The van der Waals surface area contributed by atoms with Gasteiger partial charge in [0.1, 0.15) is 4.88 Å². The number of rotatable bonds is 2. The largest absolute Gasteiger partial charge is 0.477 e. The van der Waals surface area contributed by atoms with Gasteiger partial charge in [0.2, 0.25) is 0 Å². The van der Waals surface area contributed by atoms with Crippen molar-refractivity contribution in [1.29, 1.82) is 0 Å². The average molecular weight is 187 g/mol. The number of thiazole rings is 1. The van der Waals surface area contributed by atoms with E-state index in [9.17, 15) is 4.79 Å². The summed E-state index contributed by atoms with van der Waals surface area (Å²) in [4.78, 5) is 14.5. The zero-order valence-electron chi connectivity index (χ0n) is 7.50. The van der Waals surface area contributed by atoms with E-state index in [0.29, 0.717) is 4.88 Å². The molecule has 0 spiro atoms. The summed E-state index contributed by atoms with van der Waals surface area (Å²) < 4.78 is 0. The SMILES string of the molecule is CC.CCc1ncc(C(=O)O)s1. The first kappa shape index (κ1) is 11.1. The van der Waals surface area contributed by atoms with E-state index >= 15 is 0 Å². The highest BCUT2D eigenvalue weighted by atomic mass is 32.1. The van der Waals surface area contributed by atoms with Crippen molar-refractivity contribution in [2.24, 2.45) is 0 Å². The molecule has 0 unspecified atom stereocenters. The second kappa shape index (κ2) is 5.71. The molecule has 1 heterocycles. The van der Waals surface area contributed by atoms with Gasteiger partial charge in [-0.3, -0.25) is 0 Å². The Labute approximate surface area is 76.1 Å². The molecule has 1 aromatic heterocycles. The van der Waals surface area contributed by atoms with Crippen LogP contribution in [0.4, 0.5) is 0 Å². The second-order valence-electron chi connectivity index (χ2n) is 1.78. The minimum atomic E-state index is -0.891. The van der Waals surface area contributed by atoms with Gasteiger partial charge in [-0.2, -0.15) is 0 Å². The number of aromatic nitrogens is 1. The molecule has 0 aliphatic heterocycles. The maximum atomic E-state index is 10.3. The van der Waals surface area contributed by atoms with Crippen LogP contribution in [0.2, 0.25) is 0 Å². The van der Waals surface area contributed by atoms with Crippen LogP contribution in [0, 0.1) is 0 Å². The summed E-state index contributed by atoms with van der Waals surface area (Å²) in [5.41, 5.74) is 0. The molecule has 0 bridgehead atoms. The Morgan fingerprint density at radius 3 is 2.50 bits per heavy atom. The average Bonchev–Trinajstić information content (AvgIpc) is 2.55. The van der Waals surface area contributed by atoms with Crippen LogP contribution in [-0.2, 0) is 6.42 Å². The van der Waals surface area contributed by atoms with Gasteiger partial charge in [-0.15, -0.1) is 11.3 Å². The number of aryl methyl sites for hydroxylation is 1. The van der Waals surface area contributed by atoms with Crippen molar-refractivity contribution in [3.8, 4) is 0 Å². The predicted octanol–water partition coefficient (Wildman–Crippen LogP) is 2.43. The molecule has 68 valence electrons. The van der Waals surface area contributed by atoms with Crippen molar-refractivity contribution < 1.29 is 9.90 Å². The zero-order chi connectivity index (χ0) is 9.56. The standard InChI is InChI=1S/C6H7NO2S.C2H6/c1-2-5-7-3-4(10-5)6(8)9;1-2/h3H,2H2,1H3,(H,8,9);1-2H3. The van der Waals surface area contributed by atoms with Crippen LogP contribution in [0.15, 0.2) is 6.20 Å². The zero-order valence-corrected chi connectivity index (χ0v) is 8.31. The lowest BCUT2D eigenvalue weighted by molar-refractivity contribution is 0.0702. The molecule has 1 aromatic rings. The number of nitrogens with zero attached hydrogens (tertiary/aromatic N) is 1. The van der Waals surface area contributed by atoms with Crippen LogP contribution in [-0.4, -0.2) is 16.1 Å². The Morgan fingerprint density at radius 2 is 2.25 bits per heavy atom. The number of carboxylic acids is 1. The predicted molar refractivity (Wildman–Crippen MR) is 49.8 cm³/mol. The van der Waals surface area contributed by atoms with Gasteiger partial charge in [0.15, 0.2) is 0 Å². The first-order valence-corrected chi connectivity index (χ1v) is 4.73. The van der Waals surface area contributed by atoms with Gasteiger partial charge >= 0.3 is 5.97 Å². The topological polar surface area (TPSA) is 50.2 Å². The summed E-state index contributed by atoms with van der Waals surface area (Å²) >= 11 is 1.23. The van der Waals surface area contributed by atoms with E-state index in [1.807, 2.05) is 20.8 Å². The molecule has 1 rings (SSSR count). The molecule has 4 heteroatoms. The van der Waals surface area contributed by atoms with Gasteiger partial charge in [0, 0.05) is 0 Å². The Kier molecular flexibility index (Phi) is 5.28. The maximum Gasteiger partial charge on any atom is 0.347 e. The van der Waals surface area contributed by atoms with Crippen molar-refractivity contribution in [2.45, 2.75) is 27.2 Å². The Bertz CT molecular complexity index is 245. The summed E-state index contributed by atoms with van der Waals surface area (Å²) in [6, 6.07) is 0. The molecular formula is C8H13NO2S. The molecule has 3 nitrogen and oxygen atoms in total. The van der Waals surface area contributed by atoms with Gasteiger partial charge in [0.05, 0.1) is 11.2 Å². The summed E-state index contributed by atoms with van der Waals surface area (Å²) in [6.45, 7) is 5.95. The van der Waals surface area contributed by atoms with Crippen molar-refractivity contribution in [2.75, 3.05) is 0 Å². The Hall–Kier alpha value is -0.900. The van der Waals surface area contributed by atoms with Crippen molar-refractivity contribution >= 4 is 17.3 Å². The first-order valence-electron chi connectivity index (χ1n) is 3.92. The molecule has 1 N–H and O–H groups in total. The molecule has 0 fully saturated rings. The summed E-state index contributed by atoms with van der Waals surface area (Å²) in [7, 11) is 0. The van der Waals surface area contributed by atoms with E-state index in [0.717, 1.165) is 11.4 Å². The Balaban J connectivity index is 0.000000561. The maximum absolute atomic E-state index is 10.3. The van der Waals surface area contributed by atoms with Crippen molar-refractivity contribution in [3.63, 3.8) is 0 Å². The van der Waals surface area contributed by atoms with E-state index in [-0.39, 0.29) is 0 Å². The second-order valence-corrected chi connectivity index (χ2v) is 2.89. The van der Waals surface area contributed by atoms with E-state index in [1.165, 1.54) is 17.5 Å². The van der Waals surface area contributed by atoms with Crippen molar-refractivity contribution in [3.05, 3.63) is 16.1 Å². The van der Waals surface area contributed by atoms with Gasteiger partial charge < -0.3 is 5.11 Å². The monoisotopic (exact) mass is 187 g/mol. The van der Waals surface area contributed by atoms with E-state index in [1.54, 1.807) is 0 Å². The van der Waals surface area contributed by atoms with Crippen LogP contribution in [0.25, 0.3) is 0 Å². The number of aromatic carboxylic acids is 1. The van der Waals surface area contributed by atoms with Crippen molar-refractivity contribution in [1.82, 2.24) is 4.98 Å². The van der Waals surface area contributed by atoms with Gasteiger partial charge in [-0.1, -0.05) is 20.8 Å². The third-order valence-electron chi connectivity index (χ3n) is 1.07. The minimum Gasteiger partial charge on any atom is -0.477 e.